The zero-order valence-electron chi connectivity index (χ0n) is 17.7. The first-order chi connectivity index (χ1) is 15.3. The minimum absolute atomic E-state index is 0.208. The molecule has 32 heavy (non-hydrogen) atoms. The number of hydrogen-bond acceptors (Lipinski definition) is 6. The summed E-state index contributed by atoms with van der Waals surface area (Å²) in [6.07, 6.45) is 7.75. The minimum Gasteiger partial charge on any atom is -0.369 e. The highest BCUT2D eigenvalue weighted by Gasteiger charge is 2.26. The molecule has 3 aromatic heterocycles. The summed E-state index contributed by atoms with van der Waals surface area (Å²) in [6, 6.07) is 4.80. The van der Waals surface area contributed by atoms with Crippen molar-refractivity contribution in [1.82, 2.24) is 19.4 Å². The number of carbonyl (C=O) groups is 1. The van der Waals surface area contributed by atoms with E-state index >= 15 is 0 Å². The van der Waals surface area contributed by atoms with Crippen LogP contribution in [0.1, 0.15) is 16.1 Å². The Morgan fingerprint density at radius 3 is 2.59 bits per heavy atom. The van der Waals surface area contributed by atoms with Crippen LogP contribution in [0.3, 0.4) is 0 Å². The van der Waals surface area contributed by atoms with Crippen LogP contribution in [0.2, 0.25) is 0 Å². The van der Waals surface area contributed by atoms with Gasteiger partial charge in [-0.25, -0.2) is 9.37 Å². The van der Waals surface area contributed by atoms with Gasteiger partial charge in [0.15, 0.2) is 11.5 Å². The average Bonchev–Trinajstić information content (AvgIpc) is 3.14. The van der Waals surface area contributed by atoms with Crippen molar-refractivity contribution in [2.24, 2.45) is 0 Å². The molecule has 0 saturated carbocycles. The Labute approximate surface area is 183 Å². The first-order valence-electron chi connectivity index (χ1n) is 10.3. The first-order valence-corrected chi connectivity index (χ1v) is 12.8. The van der Waals surface area contributed by atoms with E-state index in [4.69, 9.17) is 0 Å². The van der Waals surface area contributed by atoms with E-state index in [0.717, 1.165) is 5.69 Å². The van der Waals surface area contributed by atoms with Crippen LogP contribution in [0.25, 0.3) is 16.7 Å². The molecule has 1 N–H and O–H groups in total. The Morgan fingerprint density at radius 1 is 1.12 bits per heavy atom. The van der Waals surface area contributed by atoms with Crippen LogP contribution >= 0.6 is 7.14 Å². The molecule has 1 aromatic carbocycles. The summed E-state index contributed by atoms with van der Waals surface area (Å²) in [5.41, 5.74) is 3.49. The van der Waals surface area contributed by atoms with Gasteiger partial charge in [-0.15, -0.1) is 0 Å². The van der Waals surface area contributed by atoms with Crippen molar-refractivity contribution in [2.75, 3.05) is 42.3 Å². The van der Waals surface area contributed by atoms with Crippen molar-refractivity contribution in [2.45, 2.75) is 6.92 Å². The second kappa shape index (κ2) is 7.67. The highest BCUT2D eigenvalue weighted by molar-refractivity contribution is 7.63. The minimum atomic E-state index is -2.07. The number of nitrogens with zero attached hydrogens (tertiary/aromatic N) is 5. The van der Waals surface area contributed by atoms with Crippen LogP contribution in [-0.4, -0.2) is 57.3 Å². The number of aryl methyl sites for hydroxylation is 1. The number of aromatic nitrogens is 4. The number of benzene rings is 1. The quantitative estimate of drug-likeness (QED) is 0.476. The van der Waals surface area contributed by atoms with Gasteiger partial charge in [0.25, 0.3) is 5.91 Å². The van der Waals surface area contributed by atoms with Gasteiger partial charge in [-0.1, -0.05) is 0 Å². The number of rotatable bonds is 3. The van der Waals surface area contributed by atoms with Crippen molar-refractivity contribution in [1.29, 1.82) is 0 Å². The van der Waals surface area contributed by atoms with Gasteiger partial charge in [0, 0.05) is 56.3 Å². The number of nitrogens with one attached hydrogen (secondary N) is 1. The van der Waals surface area contributed by atoms with Gasteiger partial charge in [-0.2, -0.15) is 0 Å². The molecule has 4 aromatic rings. The fraction of sp³-hybridized carbons (Fsp3) is 0.273. The zero-order chi connectivity index (χ0) is 22.5. The van der Waals surface area contributed by atoms with Crippen LogP contribution in [-0.2, 0) is 4.57 Å². The lowest BCUT2D eigenvalue weighted by atomic mass is 10.1. The third kappa shape index (κ3) is 3.73. The highest BCUT2D eigenvalue weighted by Crippen LogP contribution is 2.44. The van der Waals surface area contributed by atoms with Gasteiger partial charge < -0.3 is 19.2 Å². The Hall–Kier alpha value is -3.32. The number of imidazole rings is 1. The highest BCUT2D eigenvalue weighted by atomic mass is 31.2. The Kier molecular flexibility index (Phi) is 4.93. The normalized spacial score (nSPS) is 15.9. The summed E-state index contributed by atoms with van der Waals surface area (Å²) >= 11 is 0. The van der Waals surface area contributed by atoms with Crippen LogP contribution < -0.4 is 10.2 Å². The number of hydrogen-bond donors (Lipinski definition) is 1. The maximum Gasteiger partial charge on any atom is 0.257 e. The molecule has 4 heterocycles. The molecule has 1 saturated heterocycles. The summed E-state index contributed by atoms with van der Waals surface area (Å²) in [6.45, 7) is 4.98. The lowest BCUT2D eigenvalue weighted by molar-refractivity contribution is 0.102. The summed E-state index contributed by atoms with van der Waals surface area (Å²) in [7, 11) is -2.07. The molecule has 1 fully saturated rings. The van der Waals surface area contributed by atoms with E-state index in [1.807, 2.05) is 12.7 Å². The van der Waals surface area contributed by atoms with E-state index in [1.54, 1.807) is 42.2 Å². The summed E-state index contributed by atoms with van der Waals surface area (Å²) < 4.78 is 28.3. The lowest BCUT2D eigenvalue weighted by Gasteiger charge is -2.32. The molecular formula is C22H22FN6O2P. The molecule has 0 unspecified atom stereocenters. The molecule has 1 aliphatic rings. The third-order valence-corrected chi connectivity index (χ3v) is 8.05. The van der Waals surface area contributed by atoms with Crippen molar-refractivity contribution >= 4 is 41.1 Å². The SMILES string of the molecule is Cc1cn2cc(NC(=O)c3ccc(N4CCP(C)(=O)CC4)c4nccnc34)cc(F)c2n1. The molecule has 0 aliphatic carbocycles. The van der Waals surface area contributed by atoms with Crippen molar-refractivity contribution < 1.29 is 13.8 Å². The Morgan fingerprint density at radius 2 is 1.84 bits per heavy atom. The number of halogens is 1. The standard InChI is InChI=1S/C22H22FN6O2P/c1-14-12-29-13-15(11-17(23)21(29)26-14)27-22(30)16-3-4-18(20-19(16)24-5-6-25-20)28-7-9-32(2,31)10-8-28/h3-6,11-13H,7-10H2,1-2H3,(H,27,30). The molecule has 1 amide bonds. The molecule has 1 aliphatic heterocycles. The van der Waals surface area contributed by atoms with Crippen molar-refractivity contribution in [3.63, 3.8) is 0 Å². The molecule has 0 atom stereocenters. The van der Waals surface area contributed by atoms with Gasteiger partial charge in [-0.3, -0.25) is 14.8 Å². The predicted molar refractivity (Wildman–Crippen MR) is 123 cm³/mol. The number of fused-ring (bicyclic) bond motifs is 2. The van der Waals surface area contributed by atoms with E-state index in [1.165, 1.54) is 6.07 Å². The molecule has 10 heteroatoms. The number of pyridine rings is 1. The van der Waals surface area contributed by atoms with E-state index in [2.05, 4.69) is 25.2 Å². The van der Waals surface area contributed by atoms with Crippen LogP contribution in [0.15, 0.2) is 43.0 Å². The van der Waals surface area contributed by atoms with Crippen LogP contribution in [0.4, 0.5) is 15.8 Å². The van der Waals surface area contributed by atoms with Gasteiger partial charge in [0.1, 0.15) is 11.0 Å². The third-order valence-electron chi connectivity index (χ3n) is 5.76. The fourth-order valence-electron chi connectivity index (χ4n) is 4.06. The molecule has 8 nitrogen and oxygen atoms in total. The van der Waals surface area contributed by atoms with E-state index < -0.39 is 18.9 Å². The fourth-order valence-corrected chi connectivity index (χ4v) is 5.61. The van der Waals surface area contributed by atoms with Gasteiger partial charge in [0.05, 0.1) is 29.8 Å². The Balaban J connectivity index is 1.48. The van der Waals surface area contributed by atoms with Gasteiger partial charge in [0.2, 0.25) is 0 Å². The summed E-state index contributed by atoms with van der Waals surface area (Å²) in [5, 5.41) is 2.76. The average molecular weight is 452 g/mol. The predicted octanol–water partition coefficient (Wildman–Crippen LogP) is 3.79. The van der Waals surface area contributed by atoms with Gasteiger partial charge >= 0.3 is 0 Å². The number of amides is 1. The Bertz CT molecular complexity index is 1410. The second-order valence-corrected chi connectivity index (χ2v) is 11.7. The van der Waals surface area contributed by atoms with E-state index in [9.17, 15) is 13.8 Å². The molecular weight excluding hydrogens is 430 g/mol. The molecule has 0 radical (unpaired) electrons. The van der Waals surface area contributed by atoms with Crippen LogP contribution in [0, 0.1) is 12.7 Å². The van der Waals surface area contributed by atoms with Crippen molar-refractivity contribution in [3.05, 3.63) is 60.1 Å². The van der Waals surface area contributed by atoms with E-state index in [-0.39, 0.29) is 5.65 Å². The molecule has 0 spiro atoms. The maximum absolute atomic E-state index is 14.4. The van der Waals surface area contributed by atoms with Gasteiger partial charge in [-0.05, 0) is 25.7 Å². The summed E-state index contributed by atoms with van der Waals surface area (Å²) in [5.74, 6) is -0.927. The number of carbonyl (C=O) groups excluding carboxylic acids is 1. The number of anilines is 2. The smallest absolute Gasteiger partial charge is 0.257 e. The molecule has 0 bridgehead atoms. The summed E-state index contributed by atoms with van der Waals surface area (Å²) in [4.78, 5) is 28.2. The zero-order valence-corrected chi connectivity index (χ0v) is 18.6. The largest absolute Gasteiger partial charge is 0.369 e. The lowest BCUT2D eigenvalue weighted by Crippen LogP contribution is -2.35. The van der Waals surface area contributed by atoms with Crippen molar-refractivity contribution in [3.8, 4) is 0 Å². The topological polar surface area (TPSA) is 92.5 Å². The molecule has 164 valence electrons. The van der Waals surface area contributed by atoms with Crippen LogP contribution in [0.5, 0.6) is 0 Å². The molecule has 5 rings (SSSR count). The monoisotopic (exact) mass is 452 g/mol. The maximum atomic E-state index is 14.4. The second-order valence-electron chi connectivity index (χ2n) is 8.26. The van der Waals surface area contributed by atoms with E-state index in [0.29, 0.717) is 53.4 Å². The first kappa shape index (κ1) is 20.6.